The Kier molecular flexibility index (Phi) is 4.29. The molecule has 0 aliphatic heterocycles. The molecule has 0 N–H and O–H groups in total. The van der Waals surface area contributed by atoms with E-state index in [0.29, 0.717) is 0 Å². The minimum absolute atomic E-state index is 0.144. The second-order valence-electron chi connectivity index (χ2n) is 6.46. The van der Waals surface area contributed by atoms with Crippen LogP contribution in [-0.4, -0.2) is 34.3 Å². The van der Waals surface area contributed by atoms with Crippen molar-refractivity contribution in [3.8, 4) is 11.3 Å². The third kappa shape index (κ3) is 2.64. The first-order valence-electron chi connectivity index (χ1n) is 8.21. The lowest BCUT2D eigenvalue weighted by Gasteiger charge is -2.16. The summed E-state index contributed by atoms with van der Waals surface area (Å²) >= 11 is 10.0. The number of hydrogen-bond acceptors (Lipinski definition) is 4. The number of aromatic nitrogens is 2. The molecule has 0 bridgehead atoms. The van der Waals surface area contributed by atoms with Gasteiger partial charge in [0.15, 0.2) is 10.3 Å². The Balaban J connectivity index is 2.07. The number of benzene rings is 1. The van der Waals surface area contributed by atoms with Gasteiger partial charge in [0.05, 0.1) is 21.6 Å². The molecular formula is C19H18ClN3OS2. The van der Waals surface area contributed by atoms with Crippen LogP contribution in [0.5, 0.6) is 0 Å². The summed E-state index contributed by atoms with van der Waals surface area (Å²) in [5.41, 5.74) is 3.64. The molecule has 1 unspecified atom stereocenters. The molecule has 3 aromatic heterocycles. The van der Waals surface area contributed by atoms with Gasteiger partial charge in [0.2, 0.25) is 5.91 Å². The third-order valence-electron chi connectivity index (χ3n) is 4.38. The van der Waals surface area contributed by atoms with Crippen molar-refractivity contribution in [3.05, 3.63) is 45.8 Å². The van der Waals surface area contributed by atoms with Crippen LogP contribution in [0.2, 0.25) is 0 Å². The van der Waals surface area contributed by atoms with Crippen LogP contribution < -0.4 is 0 Å². The predicted octanol–water partition coefficient (Wildman–Crippen LogP) is 5.26. The number of para-hydroxylation sites is 1. The Labute approximate surface area is 164 Å². The van der Waals surface area contributed by atoms with Gasteiger partial charge in [-0.05, 0) is 32.0 Å². The highest BCUT2D eigenvalue weighted by molar-refractivity contribution is 7.23. The zero-order chi connectivity index (χ0) is 18.6. The molecule has 0 fully saturated rings. The van der Waals surface area contributed by atoms with Gasteiger partial charge < -0.3 is 4.90 Å². The van der Waals surface area contributed by atoms with E-state index in [9.17, 15) is 4.79 Å². The van der Waals surface area contributed by atoms with Crippen LogP contribution in [-0.2, 0) is 4.79 Å². The molecular weight excluding hydrogens is 386 g/mol. The Morgan fingerprint density at radius 1 is 1.23 bits per heavy atom. The number of likely N-dealkylation sites (N-methyl/N-ethyl adjacent to an activating group) is 1. The lowest BCUT2D eigenvalue weighted by Crippen LogP contribution is -2.26. The van der Waals surface area contributed by atoms with Gasteiger partial charge in [0.1, 0.15) is 0 Å². The number of nitrogens with zero attached hydrogens (tertiary/aromatic N) is 3. The van der Waals surface area contributed by atoms with E-state index < -0.39 is 5.38 Å². The lowest BCUT2D eigenvalue weighted by atomic mass is 10.1. The number of hydrogen-bond donors (Lipinski definition) is 0. The van der Waals surface area contributed by atoms with Crippen LogP contribution >= 0.6 is 34.3 Å². The molecule has 1 atom stereocenters. The molecule has 0 aliphatic rings. The van der Waals surface area contributed by atoms with Gasteiger partial charge in [0, 0.05) is 29.4 Å². The molecule has 1 amide bonds. The highest BCUT2D eigenvalue weighted by Gasteiger charge is 2.30. The molecule has 134 valence electrons. The number of carbonyl (C=O) groups is 1. The number of halogens is 1. The number of aryl methyl sites for hydroxylation is 2. The molecule has 4 rings (SSSR count). The van der Waals surface area contributed by atoms with Crippen LogP contribution in [0.4, 0.5) is 0 Å². The van der Waals surface area contributed by atoms with Crippen molar-refractivity contribution in [2.45, 2.75) is 19.2 Å². The zero-order valence-corrected chi connectivity index (χ0v) is 17.3. The zero-order valence-electron chi connectivity index (χ0n) is 14.9. The van der Waals surface area contributed by atoms with Crippen LogP contribution in [0.3, 0.4) is 0 Å². The van der Waals surface area contributed by atoms with Gasteiger partial charge in [-0.2, -0.15) is 0 Å². The maximum absolute atomic E-state index is 12.7. The molecule has 1 aromatic carbocycles. The number of imidazole rings is 1. The maximum atomic E-state index is 12.7. The number of thiazole rings is 1. The number of fused-ring (bicyclic) bond motifs is 3. The van der Waals surface area contributed by atoms with E-state index in [0.717, 1.165) is 32.1 Å². The highest BCUT2D eigenvalue weighted by Crippen LogP contribution is 2.41. The number of amides is 1. The van der Waals surface area contributed by atoms with Crippen molar-refractivity contribution in [1.82, 2.24) is 14.3 Å². The van der Waals surface area contributed by atoms with Gasteiger partial charge in [0.25, 0.3) is 0 Å². The average molecular weight is 404 g/mol. The number of carbonyl (C=O) groups excluding carboxylic acids is 1. The summed E-state index contributed by atoms with van der Waals surface area (Å²) in [5, 5.41) is -0.799. The van der Waals surface area contributed by atoms with Gasteiger partial charge in [-0.25, -0.2) is 4.98 Å². The van der Waals surface area contributed by atoms with Crippen LogP contribution in [0.1, 0.15) is 20.8 Å². The molecule has 4 nitrogen and oxygen atoms in total. The van der Waals surface area contributed by atoms with E-state index in [1.807, 2.05) is 22.6 Å². The van der Waals surface area contributed by atoms with E-state index in [4.69, 9.17) is 16.6 Å². The SMILES string of the molecule is Cc1cc(-c2nc3sc4ccccc4n3c2C(Cl)C(=O)N(C)C)c(C)s1. The number of rotatable bonds is 3. The second-order valence-corrected chi connectivity index (χ2v) is 9.36. The maximum Gasteiger partial charge on any atom is 0.246 e. The standard InChI is InChI=1S/C19H18ClN3OS2/c1-10-9-12(11(2)25-10)16-17(15(20)18(24)22(3)4)23-13-7-5-6-8-14(13)26-19(23)21-16/h5-9,15H,1-4H3. The van der Waals surface area contributed by atoms with Gasteiger partial charge in [-0.3, -0.25) is 9.20 Å². The predicted molar refractivity (Wildman–Crippen MR) is 111 cm³/mol. The highest BCUT2D eigenvalue weighted by atomic mass is 35.5. The van der Waals surface area contributed by atoms with E-state index in [2.05, 4.69) is 26.0 Å². The second kappa shape index (κ2) is 6.37. The van der Waals surface area contributed by atoms with E-state index >= 15 is 0 Å². The molecule has 0 saturated heterocycles. The molecule has 0 saturated carbocycles. The van der Waals surface area contributed by atoms with Gasteiger partial charge in [-0.1, -0.05) is 23.5 Å². The van der Waals surface area contributed by atoms with Gasteiger partial charge in [-0.15, -0.1) is 22.9 Å². The van der Waals surface area contributed by atoms with Crippen LogP contribution in [0, 0.1) is 13.8 Å². The Morgan fingerprint density at radius 2 is 1.96 bits per heavy atom. The minimum atomic E-state index is -0.799. The largest absolute Gasteiger partial charge is 0.347 e. The first-order chi connectivity index (χ1) is 12.4. The first kappa shape index (κ1) is 17.5. The summed E-state index contributed by atoms with van der Waals surface area (Å²) in [6.45, 7) is 4.16. The van der Waals surface area contributed by atoms with E-state index in [1.165, 1.54) is 14.7 Å². The summed E-state index contributed by atoms with van der Waals surface area (Å²) in [7, 11) is 3.45. The molecule has 4 aromatic rings. The normalized spacial score (nSPS) is 12.8. The molecule has 26 heavy (non-hydrogen) atoms. The minimum Gasteiger partial charge on any atom is -0.347 e. The third-order valence-corrected chi connectivity index (χ3v) is 6.76. The fraction of sp³-hybridized carbons (Fsp3) is 0.263. The number of thiophene rings is 1. The van der Waals surface area contributed by atoms with Crippen molar-refractivity contribution in [2.24, 2.45) is 0 Å². The smallest absolute Gasteiger partial charge is 0.246 e. The van der Waals surface area contributed by atoms with Gasteiger partial charge >= 0.3 is 0 Å². The fourth-order valence-corrected chi connectivity index (χ4v) is 5.53. The Morgan fingerprint density at radius 3 is 2.62 bits per heavy atom. The summed E-state index contributed by atoms with van der Waals surface area (Å²) in [6, 6.07) is 10.2. The topological polar surface area (TPSA) is 37.6 Å². The van der Waals surface area contributed by atoms with Crippen molar-refractivity contribution >= 4 is 55.4 Å². The summed E-state index contributed by atoms with van der Waals surface area (Å²) in [5.74, 6) is -0.144. The van der Waals surface area contributed by atoms with Crippen LogP contribution in [0.15, 0.2) is 30.3 Å². The molecule has 0 spiro atoms. The molecule has 0 aliphatic carbocycles. The summed E-state index contributed by atoms with van der Waals surface area (Å²) < 4.78 is 3.17. The van der Waals surface area contributed by atoms with E-state index in [-0.39, 0.29) is 5.91 Å². The Bertz CT molecular complexity index is 1140. The van der Waals surface area contributed by atoms with Crippen LogP contribution in [0.25, 0.3) is 26.4 Å². The molecule has 7 heteroatoms. The average Bonchev–Trinajstić information content (AvgIpc) is 3.23. The summed E-state index contributed by atoms with van der Waals surface area (Å²) in [6.07, 6.45) is 0. The van der Waals surface area contributed by atoms with Crippen molar-refractivity contribution in [3.63, 3.8) is 0 Å². The molecule has 3 heterocycles. The van der Waals surface area contributed by atoms with E-state index in [1.54, 1.807) is 36.8 Å². The van der Waals surface area contributed by atoms with Crippen molar-refractivity contribution in [1.29, 1.82) is 0 Å². The van der Waals surface area contributed by atoms with Crippen molar-refractivity contribution in [2.75, 3.05) is 14.1 Å². The lowest BCUT2D eigenvalue weighted by molar-refractivity contribution is -0.128. The van der Waals surface area contributed by atoms with Crippen molar-refractivity contribution < 1.29 is 4.79 Å². The summed E-state index contributed by atoms with van der Waals surface area (Å²) in [4.78, 5) is 22.4. The molecule has 0 radical (unpaired) electrons. The quantitative estimate of drug-likeness (QED) is 0.437. The Hall–Kier alpha value is -1.89. The fourth-order valence-electron chi connectivity index (χ4n) is 3.18. The number of alkyl halides is 1. The monoisotopic (exact) mass is 403 g/mol. The first-order valence-corrected chi connectivity index (χ1v) is 10.3.